The van der Waals surface area contributed by atoms with E-state index in [1.165, 1.54) is 54.9 Å². The highest BCUT2D eigenvalue weighted by molar-refractivity contribution is 7.89. The van der Waals surface area contributed by atoms with Crippen LogP contribution in [0.15, 0.2) is 77.7 Å². The normalized spacial score (nSPS) is 14.1. The molecule has 220 valence electrons. The number of amides is 1. The van der Waals surface area contributed by atoms with Gasteiger partial charge >= 0.3 is 0 Å². The maximum absolute atomic E-state index is 13.5. The highest BCUT2D eigenvalue weighted by Gasteiger charge is 2.29. The average Bonchev–Trinajstić information content (AvgIpc) is 3.41. The maximum Gasteiger partial charge on any atom is 0.267 e. The summed E-state index contributed by atoms with van der Waals surface area (Å²) in [7, 11) is -0.955. The van der Waals surface area contributed by atoms with E-state index in [1.54, 1.807) is 12.1 Å². The van der Waals surface area contributed by atoms with Crippen LogP contribution in [0.1, 0.15) is 21.5 Å². The summed E-state index contributed by atoms with van der Waals surface area (Å²) in [4.78, 5) is 13.6. The minimum Gasteiger partial charge on any atom is -0.493 e. The second-order valence-corrected chi connectivity index (χ2v) is 13.6. The van der Waals surface area contributed by atoms with Crippen molar-refractivity contribution in [3.8, 4) is 11.5 Å². The fraction of sp³-hybridized carbons (Fsp3) is 0.179. The van der Waals surface area contributed by atoms with E-state index in [9.17, 15) is 22.0 Å². The van der Waals surface area contributed by atoms with Gasteiger partial charge in [0, 0.05) is 24.8 Å². The molecule has 42 heavy (non-hydrogen) atoms. The van der Waals surface area contributed by atoms with Crippen molar-refractivity contribution in [1.29, 1.82) is 0 Å². The monoisotopic (exact) mass is 647 g/mol. The van der Waals surface area contributed by atoms with Crippen molar-refractivity contribution in [3.63, 3.8) is 0 Å². The van der Waals surface area contributed by atoms with Gasteiger partial charge in [-0.1, -0.05) is 35.9 Å². The van der Waals surface area contributed by atoms with Gasteiger partial charge in [-0.25, -0.2) is 16.9 Å². The van der Waals surface area contributed by atoms with Crippen molar-refractivity contribution in [2.45, 2.75) is 17.9 Å². The number of sulfonamides is 1. The minimum absolute atomic E-state index is 0.00301. The summed E-state index contributed by atoms with van der Waals surface area (Å²) >= 11 is 4.55. The topological polar surface area (TPSA) is 125 Å². The third kappa shape index (κ3) is 6.02. The molecule has 0 saturated heterocycles. The van der Waals surface area contributed by atoms with E-state index in [1.807, 2.05) is 24.3 Å². The van der Waals surface area contributed by atoms with Gasteiger partial charge in [0.25, 0.3) is 17.2 Å². The van der Waals surface area contributed by atoms with E-state index in [-0.39, 0.29) is 34.2 Å². The molecule has 0 saturated carbocycles. The third-order valence-corrected chi connectivity index (χ3v) is 10.6. The molecule has 10 nitrogen and oxygen atoms in total. The number of ether oxygens (including phenoxy) is 2. The van der Waals surface area contributed by atoms with Crippen molar-refractivity contribution in [2.24, 2.45) is 0 Å². The lowest BCUT2D eigenvalue weighted by molar-refractivity contribution is 0.102. The number of rotatable bonds is 9. The largest absolute Gasteiger partial charge is 0.493 e. The van der Waals surface area contributed by atoms with E-state index < -0.39 is 27.2 Å². The molecule has 0 bridgehead atoms. The number of thiophene rings is 1. The fourth-order valence-electron chi connectivity index (χ4n) is 4.64. The molecule has 0 radical (unpaired) electrons. The number of carbonyl (C=O) groups is 1. The molecule has 1 amide bonds. The first-order valence-electron chi connectivity index (χ1n) is 12.5. The van der Waals surface area contributed by atoms with E-state index in [0.717, 1.165) is 26.8 Å². The Bertz CT molecular complexity index is 1760. The number of hydrogen-bond acceptors (Lipinski definition) is 7. The summed E-state index contributed by atoms with van der Waals surface area (Å²) < 4.78 is 62.9. The van der Waals surface area contributed by atoms with E-state index in [0.29, 0.717) is 28.0 Å². The van der Waals surface area contributed by atoms with Crippen LogP contribution in [0.4, 0.5) is 16.4 Å². The second kappa shape index (κ2) is 12.4. The van der Waals surface area contributed by atoms with Crippen LogP contribution in [0.25, 0.3) is 0 Å². The third-order valence-electron chi connectivity index (χ3n) is 6.73. The highest BCUT2D eigenvalue weighted by atomic mass is 35.5. The molecule has 14 heteroatoms. The van der Waals surface area contributed by atoms with Crippen LogP contribution in [-0.4, -0.2) is 48.2 Å². The van der Waals surface area contributed by atoms with E-state index in [4.69, 9.17) is 21.1 Å². The Hall–Kier alpha value is -3.46. The van der Waals surface area contributed by atoms with Crippen molar-refractivity contribution >= 4 is 66.5 Å². The van der Waals surface area contributed by atoms with Gasteiger partial charge in [-0.05, 0) is 60.0 Å². The van der Waals surface area contributed by atoms with Crippen molar-refractivity contribution in [1.82, 2.24) is 4.31 Å². The molecule has 0 fully saturated rings. The molecule has 1 aromatic heterocycles. The average molecular weight is 648 g/mol. The Morgan fingerprint density at radius 2 is 1.69 bits per heavy atom. The zero-order chi connectivity index (χ0) is 30.0. The Balaban J connectivity index is 1.43. The van der Waals surface area contributed by atoms with Gasteiger partial charge in [0.1, 0.15) is 5.00 Å². The molecule has 0 spiro atoms. The van der Waals surface area contributed by atoms with Crippen LogP contribution in [0, 0.1) is 0 Å². The molecule has 1 atom stereocenters. The van der Waals surface area contributed by atoms with Crippen LogP contribution in [-0.2, 0) is 34.3 Å². The molecule has 0 aliphatic carbocycles. The second-order valence-electron chi connectivity index (χ2n) is 9.16. The van der Waals surface area contributed by atoms with Gasteiger partial charge < -0.3 is 14.8 Å². The smallest absolute Gasteiger partial charge is 0.267 e. The first kappa shape index (κ1) is 30.0. The first-order chi connectivity index (χ1) is 20.1. The fourth-order valence-corrected chi connectivity index (χ4v) is 7.85. The van der Waals surface area contributed by atoms with E-state index >= 15 is 0 Å². The lowest BCUT2D eigenvalue weighted by Gasteiger charge is -2.28. The van der Waals surface area contributed by atoms with Crippen LogP contribution in [0.3, 0.4) is 0 Å². The molecular formula is C28H26ClN3O7S3. The predicted molar refractivity (Wildman–Crippen MR) is 164 cm³/mol. The molecule has 1 aliphatic rings. The van der Waals surface area contributed by atoms with Gasteiger partial charge in [-0.2, -0.15) is 4.31 Å². The SMILES string of the molecule is COc1cc(C(=O)Nc2ccc(S(=O)(=O)N3CCc4ccccc4C3)cc2)c(N(c2ccc(Cl)s2)S(=O)O)cc1OC. The molecule has 1 aliphatic heterocycles. The van der Waals surface area contributed by atoms with Crippen LogP contribution in [0.2, 0.25) is 4.34 Å². The quantitative estimate of drug-likeness (QED) is 0.224. The molecule has 2 heterocycles. The summed E-state index contributed by atoms with van der Waals surface area (Å²) in [6.07, 6.45) is 0.629. The number of carbonyl (C=O) groups excluding carboxylic acids is 1. The molecule has 4 aromatic rings. The first-order valence-corrected chi connectivity index (χ1v) is 16.2. The summed E-state index contributed by atoms with van der Waals surface area (Å²) in [6, 6.07) is 19.6. The van der Waals surface area contributed by atoms with Crippen molar-refractivity contribution in [2.75, 3.05) is 30.4 Å². The van der Waals surface area contributed by atoms with Crippen LogP contribution >= 0.6 is 22.9 Å². The number of methoxy groups -OCH3 is 2. The summed E-state index contributed by atoms with van der Waals surface area (Å²) in [5, 5.41) is 3.05. The van der Waals surface area contributed by atoms with Gasteiger partial charge in [0.2, 0.25) is 10.0 Å². The zero-order valence-corrected chi connectivity index (χ0v) is 25.6. The number of hydrogen-bond donors (Lipinski definition) is 2. The van der Waals surface area contributed by atoms with Gasteiger partial charge in [-0.15, -0.1) is 11.3 Å². The van der Waals surface area contributed by atoms with Crippen LogP contribution in [0.5, 0.6) is 11.5 Å². The lowest BCUT2D eigenvalue weighted by Crippen LogP contribution is -2.35. The molecule has 2 N–H and O–H groups in total. The Labute approximate surface area is 254 Å². The molecule has 1 unspecified atom stereocenters. The van der Waals surface area contributed by atoms with Crippen LogP contribution < -0.4 is 19.1 Å². The predicted octanol–water partition coefficient (Wildman–Crippen LogP) is 5.69. The number of halogens is 1. The minimum atomic E-state index is -3.76. The van der Waals surface area contributed by atoms with Crippen molar-refractivity contribution in [3.05, 3.63) is 93.8 Å². The Morgan fingerprint density at radius 1 is 1.02 bits per heavy atom. The number of nitrogens with one attached hydrogen (secondary N) is 1. The number of benzene rings is 3. The molecule has 3 aromatic carbocycles. The lowest BCUT2D eigenvalue weighted by atomic mass is 10.0. The number of anilines is 3. The highest BCUT2D eigenvalue weighted by Crippen LogP contribution is 2.42. The summed E-state index contributed by atoms with van der Waals surface area (Å²) in [6.45, 7) is 0.662. The zero-order valence-electron chi connectivity index (χ0n) is 22.4. The summed E-state index contributed by atoms with van der Waals surface area (Å²) in [5.74, 6) is -0.173. The Kier molecular flexibility index (Phi) is 8.87. The standard InChI is InChI=1S/C28H26ClN3O7S3/c1-38-24-15-22(23(16-25(24)39-2)32(41(34)35)27-12-11-26(29)40-27)28(33)30-20-7-9-21(10-8-20)42(36,37)31-14-13-18-5-3-4-6-19(18)17-31/h3-12,15-16H,13-14,17H2,1-2H3,(H,30,33)(H,34,35). The maximum atomic E-state index is 13.5. The van der Waals surface area contributed by atoms with E-state index in [2.05, 4.69) is 5.32 Å². The Morgan fingerprint density at radius 3 is 2.31 bits per heavy atom. The number of nitrogens with zero attached hydrogens (tertiary/aromatic N) is 2. The van der Waals surface area contributed by atoms with Gasteiger partial charge in [0.15, 0.2) is 11.5 Å². The molecular weight excluding hydrogens is 622 g/mol. The molecule has 5 rings (SSSR count). The summed E-state index contributed by atoms with van der Waals surface area (Å²) in [5.41, 5.74) is 2.50. The van der Waals surface area contributed by atoms with Gasteiger partial charge in [0.05, 0.1) is 34.7 Å². The number of fused-ring (bicyclic) bond motifs is 1. The van der Waals surface area contributed by atoms with Crippen molar-refractivity contribution < 1.29 is 31.4 Å². The van der Waals surface area contributed by atoms with Gasteiger partial charge in [-0.3, -0.25) is 9.35 Å².